The van der Waals surface area contributed by atoms with Crippen LogP contribution >= 0.6 is 0 Å². The molecule has 0 saturated carbocycles. The fourth-order valence-corrected chi connectivity index (χ4v) is 5.68. The van der Waals surface area contributed by atoms with Crippen LogP contribution in [0.5, 0.6) is 5.75 Å². The highest BCUT2D eigenvalue weighted by atomic mass is 16.4. The van der Waals surface area contributed by atoms with Crippen molar-refractivity contribution in [3.63, 3.8) is 0 Å². The Balaban J connectivity index is 1.68. The molecule has 7 atom stereocenters. The van der Waals surface area contributed by atoms with Crippen LogP contribution in [0.15, 0.2) is 54.6 Å². The van der Waals surface area contributed by atoms with Gasteiger partial charge in [-0.2, -0.15) is 0 Å². The third kappa shape index (κ3) is 12.3. The molecule has 2 aromatic rings. The van der Waals surface area contributed by atoms with Gasteiger partial charge in [-0.3, -0.25) is 24.0 Å². The van der Waals surface area contributed by atoms with E-state index < -0.39 is 84.5 Å². The lowest BCUT2D eigenvalue weighted by atomic mass is 10.00. The predicted molar refractivity (Wildman–Crippen MR) is 184 cm³/mol. The number of hydrogen-bond donors (Lipinski definition) is 9. The number of aliphatic hydroxyl groups excluding tert-OH is 2. The molecule has 0 aliphatic carbocycles. The largest absolute Gasteiger partial charge is 0.508 e. The maximum atomic E-state index is 13.7. The van der Waals surface area contributed by atoms with E-state index in [0.717, 1.165) is 4.90 Å². The molecule has 16 heteroatoms. The van der Waals surface area contributed by atoms with Crippen LogP contribution in [-0.2, 0) is 41.6 Å². The summed E-state index contributed by atoms with van der Waals surface area (Å²) < 4.78 is 0. The van der Waals surface area contributed by atoms with Crippen LogP contribution in [0, 0.1) is 5.92 Å². The first-order valence-electron chi connectivity index (χ1n) is 16.7. The van der Waals surface area contributed by atoms with E-state index in [1.165, 1.54) is 19.1 Å². The molecule has 1 aliphatic heterocycles. The van der Waals surface area contributed by atoms with E-state index in [-0.39, 0.29) is 43.9 Å². The van der Waals surface area contributed by atoms with Gasteiger partial charge < -0.3 is 52.3 Å². The topological polar surface area (TPSA) is 261 Å². The van der Waals surface area contributed by atoms with Crippen molar-refractivity contribution in [3.8, 4) is 5.75 Å². The number of phenolic OH excluding ortho intramolecular Hbond substituents is 1. The van der Waals surface area contributed by atoms with Gasteiger partial charge >= 0.3 is 5.97 Å². The molecular weight excluding hydrogens is 664 g/mol. The van der Waals surface area contributed by atoms with Crippen molar-refractivity contribution < 1.29 is 49.2 Å². The van der Waals surface area contributed by atoms with E-state index in [0.29, 0.717) is 11.1 Å². The van der Waals surface area contributed by atoms with Crippen LogP contribution in [-0.4, -0.2) is 116 Å². The van der Waals surface area contributed by atoms with E-state index >= 15 is 0 Å². The van der Waals surface area contributed by atoms with E-state index in [4.69, 9.17) is 5.73 Å². The number of carboxylic acid groups (broad SMARTS) is 1. The third-order valence-corrected chi connectivity index (χ3v) is 8.32. The highest BCUT2D eigenvalue weighted by molar-refractivity contribution is 5.95. The first-order chi connectivity index (χ1) is 24.0. The number of likely N-dealkylation sites (tertiary alicyclic amines) is 1. The van der Waals surface area contributed by atoms with Crippen LogP contribution in [0.2, 0.25) is 0 Å². The lowest BCUT2D eigenvalue weighted by Crippen LogP contribution is -2.58. The molecule has 51 heavy (non-hydrogen) atoms. The Morgan fingerprint density at radius 1 is 0.843 bits per heavy atom. The number of carbonyl (C=O) groups excluding carboxylic acids is 5. The minimum Gasteiger partial charge on any atom is -0.508 e. The summed E-state index contributed by atoms with van der Waals surface area (Å²) in [6.45, 7) is 4.06. The van der Waals surface area contributed by atoms with Crippen molar-refractivity contribution in [2.24, 2.45) is 11.7 Å². The van der Waals surface area contributed by atoms with Gasteiger partial charge in [0, 0.05) is 19.4 Å². The van der Waals surface area contributed by atoms with Crippen molar-refractivity contribution in [2.75, 3.05) is 13.1 Å². The number of carbonyl (C=O) groups is 6. The minimum absolute atomic E-state index is 0.000401. The molecule has 1 saturated heterocycles. The molecule has 2 aromatic carbocycles. The van der Waals surface area contributed by atoms with Crippen LogP contribution in [0.25, 0.3) is 0 Å². The number of nitrogens with zero attached hydrogens (tertiary/aromatic N) is 1. The van der Waals surface area contributed by atoms with E-state index in [2.05, 4.69) is 21.3 Å². The lowest BCUT2D eigenvalue weighted by Gasteiger charge is -2.29. The SMILES string of the molecule is CC(C)C[C@H](NC(=O)[C@H](Cc1ccccc1)NC(=O)CNC(=O)[C@H](NC(=O)[C@@H](N)Cc1ccc(O)cc1)[C@H](C)O)C(=O)N1C[C@H](O)C[C@H]1C(=O)O. The molecule has 0 radical (unpaired) electrons. The number of nitrogens with two attached hydrogens (primary N) is 1. The first-order valence-corrected chi connectivity index (χ1v) is 16.7. The second-order valence-electron chi connectivity index (χ2n) is 13.2. The fourth-order valence-electron chi connectivity index (χ4n) is 5.68. The summed E-state index contributed by atoms with van der Waals surface area (Å²) in [5.74, 6) is -5.17. The molecule has 0 aromatic heterocycles. The molecule has 10 N–H and O–H groups in total. The number of rotatable bonds is 17. The van der Waals surface area contributed by atoms with Crippen LogP contribution in [0.3, 0.4) is 0 Å². The maximum absolute atomic E-state index is 13.7. The second-order valence-corrected chi connectivity index (χ2v) is 13.2. The molecule has 1 aliphatic rings. The van der Waals surface area contributed by atoms with Crippen molar-refractivity contribution in [1.29, 1.82) is 0 Å². The lowest BCUT2D eigenvalue weighted by molar-refractivity contribution is -0.149. The Morgan fingerprint density at radius 2 is 1.47 bits per heavy atom. The number of β-amino-alcohol motifs (C(OH)–C–C–N with tert-alkyl or cyclic N) is 1. The Hall–Kier alpha value is -5.06. The number of aromatic hydroxyl groups is 1. The van der Waals surface area contributed by atoms with Gasteiger partial charge in [-0.25, -0.2) is 4.79 Å². The highest BCUT2D eigenvalue weighted by Crippen LogP contribution is 2.21. The van der Waals surface area contributed by atoms with Gasteiger partial charge in [0.05, 0.1) is 24.8 Å². The second kappa shape index (κ2) is 18.8. The molecule has 5 amide bonds. The molecule has 1 fully saturated rings. The monoisotopic (exact) mass is 712 g/mol. The third-order valence-electron chi connectivity index (χ3n) is 8.32. The maximum Gasteiger partial charge on any atom is 0.326 e. The normalized spacial score (nSPS) is 18.5. The first kappa shape index (κ1) is 40.4. The van der Waals surface area contributed by atoms with E-state index in [9.17, 15) is 49.2 Å². The number of carboxylic acids is 1. The van der Waals surface area contributed by atoms with Gasteiger partial charge in [-0.1, -0.05) is 56.3 Å². The Labute approximate surface area is 295 Å². The minimum atomic E-state index is -1.47. The van der Waals surface area contributed by atoms with Gasteiger partial charge in [-0.05, 0) is 48.9 Å². The molecule has 3 rings (SSSR count). The van der Waals surface area contributed by atoms with Gasteiger partial charge in [0.1, 0.15) is 29.9 Å². The van der Waals surface area contributed by atoms with Crippen molar-refractivity contribution in [3.05, 3.63) is 65.7 Å². The van der Waals surface area contributed by atoms with Crippen LogP contribution in [0.4, 0.5) is 0 Å². The van der Waals surface area contributed by atoms with Gasteiger partial charge in [-0.15, -0.1) is 0 Å². The highest BCUT2D eigenvalue weighted by Gasteiger charge is 2.42. The quantitative estimate of drug-likeness (QED) is 0.0916. The molecule has 0 bridgehead atoms. The standard InChI is InChI=1S/C35H48N6O10/c1-19(2)13-27(34(49)41-18-24(44)16-28(41)35(50)51)39-32(47)26(15-21-7-5-4-6-8-21)38-29(45)17-37-33(48)30(20(3)42)40-31(46)25(36)14-22-9-11-23(43)12-10-22/h4-12,19-20,24-28,30,42-44H,13-18,36H2,1-3H3,(H,37,48)(H,38,45)(H,39,47)(H,40,46)(H,50,51)/t20-,24+,25-,26-,27-,28-,30+/m0/s1. The number of benzene rings is 2. The summed E-state index contributed by atoms with van der Waals surface area (Å²) in [6.07, 6.45) is -2.32. The van der Waals surface area contributed by atoms with Crippen LogP contribution in [0.1, 0.15) is 44.7 Å². The Kier molecular flexibility index (Phi) is 14.9. The van der Waals surface area contributed by atoms with Gasteiger partial charge in [0.25, 0.3) is 0 Å². The predicted octanol–water partition coefficient (Wildman–Crippen LogP) is -1.45. The average molecular weight is 713 g/mol. The zero-order chi connectivity index (χ0) is 37.8. The number of nitrogens with one attached hydrogen (secondary N) is 4. The number of hydrogen-bond acceptors (Lipinski definition) is 10. The van der Waals surface area contributed by atoms with Crippen LogP contribution < -0.4 is 27.0 Å². The molecule has 0 spiro atoms. The summed E-state index contributed by atoms with van der Waals surface area (Å²) in [5, 5.41) is 49.4. The molecular formula is C35H48N6O10. The number of amides is 5. The Bertz CT molecular complexity index is 1520. The smallest absolute Gasteiger partial charge is 0.326 e. The fraction of sp³-hybridized carbons (Fsp3) is 0.486. The summed E-state index contributed by atoms with van der Waals surface area (Å²) in [5.41, 5.74) is 7.32. The van der Waals surface area contributed by atoms with Gasteiger partial charge in [0.15, 0.2) is 0 Å². The number of aliphatic hydroxyl groups is 2. The van der Waals surface area contributed by atoms with Gasteiger partial charge in [0.2, 0.25) is 29.5 Å². The van der Waals surface area contributed by atoms with Crippen molar-refractivity contribution >= 4 is 35.5 Å². The zero-order valence-corrected chi connectivity index (χ0v) is 28.8. The average Bonchev–Trinajstić information content (AvgIpc) is 3.48. The molecule has 278 valence electrons. The summed E-state index contributed by atoms with van der Waals surface area (Å²) in [7, 11) is 0. The summed E-state index contributed by atoms with van der Waals surface area (Å²) in [4.78, 5) is 78.9. The molecule has 16 nitrogen and oxygen atoms in total. The number of aliphatic carboxylic acids is 1. The van der Waals surface area contributed by atoms with E-state index in [1.807, 2.05) is 13.8 Å². The van der Waals surface area contributed by atoms with E-state index in [1.54, 1.807) is 42.5 Å². The zero-order valence-electron chi connectivity index (χ0n) is 28.8. The summed E-state index contributed by atoms with van der Waals surface area (Å²) >= 11 is 0. The molecule has 0 unspecified atom stereocenters. The van der Waals surface area contributed by atoms with Crippen molar-refractivity contribution in [1.82, 2.24) is 26.2 Å². The molecule has 1 heterocycles. The number of phenols is 1. The Morgan fingerprint density at radius 3 is 2.06 bits per heavy atom. The summed E-state index contributed by atoms with van der Waals surface area (Å²) in [6, 6.07) is 8.54. The van der Waals surface area contributed by atoms with Crippen molar-refractivity contribution in [2.45, 2.75) is 88.9 Å².